The van der Waals surface area contributed by atoms with Gasteiger partial charge in [0.15, 0.2) is 0 Å². The number of halogens is 1. The molecule has 0 spiro atoms. The van der Waals surface area contributed by atoms with Crippen LogP contribution in [0.2, 0.25) is 0 Å². The topological polar surface area (TPSA) is 46.5 Å². The molecule has 0 radical (unpaired) electrons. The van der Waals surface area contributed by atoms with E-state index in [9.17, 15) is 14.3 Å². The molecule has 0 unspecified atom stereocenters. The predicted octanol–water partition coefficient (Wildman–Crippen LogP) is 1.73. The Hall–Kier alpha value is -1.42. The molecule has 0 amide bonds. The summed E-state index contributed by atoms with van der Waals surface area (Å²) < 4.78 is 17.2. The van der Waals surface area contributed by atoms with Crippen LogP contribution in [0.15, 0.2) is 18.2 Å². The first-order valence-electron chi connectivity index (χ1n) is 4.55. The monoisotopic (exact) mass is 212 g/mol. The number of methoxy groups -OCH3 is 1. The Morgan fingerprint density at radius 3 is 2.80 bits per heavy atom. The van der Waals surface area contributed by atoms with Gasteiger partial charge in [-0.2, -0.15) is 0 Å². The Balaban J connectivity index is 2.82. The summed E-state index contributed by atoms with van der Waals surface area (Å²) in [5.74, 6) is -0.854. The smallest absolute Gasteiger partial charge is 0.308 e. The van der Waals surface area contributed by atoms with Crippen LogP contribution < -0.4 is 0 Å². The normalized spacial score (nSPS) is 12.3. The third-order valence-electron chi connectivity index (χ3n) is 2.18. The number of aliphatic hydroxyl groups is 1. The van der Waals surface area contributed by atoms with Crippen LogP contribution in [-0.4, -0.2) is 18.2 Å². The summed E-state index contributed by atoms with van der Waals surface area (Å²) in [6.07, 6.45) is -1.07. The van der Waals surface area contributed by atoms with Crippen molar-refractivity contribution in [2.24, 2.45) is 0 Å². The van der Waals surface area contributed by atoms with E-state index in [2.05, 4.69) is 4.74 Å². The highest BCUT2D eigenvalue weighted by atomic mass is 19.1. The number of ether oxygens (including phenoxy) is 1. The standard InChI is InChI=1S/C11H13FO3/c1-7-5-8(12)3-4-9(7)10(13)6-11(14)15-2/h3-5,10,13H,6H2,1-2H3/t10-/m0/s1. The fourth-order valence-corrected chi connectivity index (χ4v) is 1.36. The van der Waals surface area contributed by atoms with Crippen LogP contribution in [0.3, 0.4) is 0 Å². The highest BCUT2D eigenvalue weighted by molar-refractivity contribution is 5.70. The highest BCUT2D eigenvalue weighted by Crippen LogP contribution is 2.21. The van der Waals surface area contributed by atoms with Gasteiger partial charge in [-0.1, -0.05) is 6.07 Å². The van der Waals surface area contributed by atoms with E-state index in [4.69, 9.17) is 0 Å². The number of aryl methyl sites for hydroxylation is 1. The molecule has 0 saturated heterocycles. The number of carbonyl (C=O) groups excluding carboxylic acids is 1. The van der Waals surface area contributed by atoms with Crippen LogP contribution in [0.5, 0.6) is 0 Å². The molecule has 0 bridgehead atoms. The Labute approximate surface area is 87.5 Å². The molecule has 0 fully saturated rings. The molecule has 3 nitrogen and oxygen atoms in total. The number of aliphatic hydroxyl groups excluding tert-OH is 1. The molecular formula is C11H13FO3. The van der Waals surface area contributed by atoms with Crippen molar-refractivity contribution in [3.8, 4) is 0 Å². The van der Waals surface area contributed by atoms with Crippen molar-refractivity contribution < 1.29 is 19.0 Å². The molecule has 0 aliphatic heterocycles. The van der Waals surface area contributed by atoms with E-state index in [1.54, 1.807) is 6.92 Å². The van der Waals surface area contributed by atoms with Crippen LogP contribution in [0.1, 0.15) is 23.7 Å². The maximum absolute atomic E-state index is 12.8. The highest BCUT2D eigenvalue weighted by Gasteiger charge is 2.15. The van der Waals surface area contributed by atoms with Crippen molar-refractivity contribution in [1.82, 2.24) is 0 Å². The molecule has 0 saturated carbocycles. The lowest BCUT2D eigenvalue weighted by molar-refractivity contribution is -0.142. The fourth-order valence-electron chi connectivity index (χ4n) is 1.36. The average molecular weight is 212 g/mol. The summed E-state index contributed by atoms with van der Waals surface area (Å²) >= 11 is 0. The van der Waals surface area contributed by atoms with Gasteiger partial charge in [-0.15, -0.1) is 0 Å². The van der Waals surface area contributed by atoms with E-state index in [1.807, 2.05) is 0 Å². The Bertz CT molecular complexity index is 363. The summed E-state index contributed by atoms with van der Waals surface area (Å²) in [5, 5.41) is 9.67. The van der Waals surface area contributed by atoms with Crippen LogP contribution >= 0.6 is 0 Å². The summed E-state index contributed by atoms with van der Waals surface area (Å²) in [5.41, 5.74) is 1.16. The molecule has 0 aliphatic rings. The first-order valence-corrected chi connectivity index (χ1v) is 4.55. The molecule has 4 heteroatoms. The maximum atomic E-state index is 12.8. The van der Waals surface area contributed by atoms with Crippen molar-refractivity contribution in [2.75, 3.05) is 7.11 Å². The molecular weight excluding hydrogens is 199 g/mol. The van der Waals surface area contributed by atoms with Gasteiger partial charge in [-0.25, -0.2) is 4.39 Å². The first-order chi connectivity index (χ1) is 7.04. The van der Waals surface area contributed by atoms with Gasteiger partial charge in [0.05, 0.1) is 19.6 Å². The average Bonchev–Trinajstić information content (AvgIpc) is 2.17. The third-order valence-corrected chi connectivity index (χ3v) is 2.18. The molecule has 0 aliphatic carbocycles. The Morgan fingerprint density at radius 2 is 2.27 bits per heavy atom. The second kappa shape index (κ2) is 4.89. The van der Waals surface area contributed by atoms with Crippen LogP contribution in [-0.2, 0) is 9.53 Å². The van der Waals surface area contributed by atoms with E-state index in [0.29, 0.717) is 11.1 Å². The fraction of sp³-hybridized carbons (Fsp3) is 0.364. The van der Waals surface area contributed by atoms with E-state index >= 15 is 0 Å². The Kier molecular flexibility index (Phi) is 3.80. The zero-order valence-corrected chi connectivity index (χ0v) is 8.66. The minimum atomic E-state index is -0.946. The number of rotatable bonds is 3. The first kappa shape index (κ1) is 11.7. The molecule has 15 heavy (non-hydrogen) atoms. The summed E-state index contributed by atoms with van der Waals surface area (Å²) in [7, 11) is 1.26. The zero-order valence-electron chi connectivity index (χ0n) is 8.66. The van der Waals surface area contributed by atoms with Gasteiger partial charge in [-0.05, 0) is 30.2 Å². The molecule has 1 N–H and O–H groups in total. The quantitative estimate of drug-likeness (QED) is 0.776. The summed E-state index contributed by atoms with van der Waals surface area (Å²) in [6, 6.07) is 4.04. The number of hydrogen-bond acceptors (Lipinski definition) is 3. The molecule has 0 heterocycles. The number of esters is 1. The van der Waals surface area contributed by atoms with Gasteiger partial charge >= 0.3 is 5.97 Å². The number of hydrogen-bond donors (Lipinski definition) is 1. The van der Waals surface area contributed by atoms with Crippen molar-refractivity contribution in [3.05, 3.63) is 35.1 Å². The molecule has 1 atom stereocenters. The van der Waals surface area contributed by atoms with E-state index in [-0.39, 0.29) is 12.2 Å². The van der Waals surface area contributed by atoms with Gasteiger partial charge in [0, 0.05) is 0 Å². The van der Waals surface area contributed by atoms with E-state index in [0.717, 1.165) is 0 Å². The lowest BCUT2D eigenvalue weighted by Crippen LogP contribution is -2.09. The van der Waals surface area contributed by atoms with Gasteiger partial charge in [0.25, 0.3) is 0 Å². The second-order valence-electron chi connectivity index (χ2n) is 3.30. The van der Waals surface area contributed by atoms with Crippen molar-refractivity contribution in [1.29, 1.82) is 0 Å². The van der Waals surface area contributed by atoms with Crippen molar-refractivity contribution >= 4 is 5.97 Å². The lowest BCUT2D eigenvalue weighted by Gasteiger charge is -2.12. The molecule has 82 valence electrons. The minimum absolute atomic E-state index is 0.122. The van der Waals surface area contributed by atoms with Gasteiger partial charge in [-0.3, -0.25) is 4.79 Å². The lowest BCUT2D eigenvalue weighted by atomic mass is 10.0. The van der Waals surface area contributed by atoms with Crippen LogP contribution in [0.4, 0.5) is 4.39 Å². The van der Waals surface area contributed by atoms with Gasteiger partial charge in [0.2, 0.25) is 0 Å². The number of benzene rings is 1. The third kappa shape index (κ3) is 3.02. The molecule has 1 aromatic rings. The SMILES string of the molecule is COC(=O)C[C@H](O)c1ccc(F)cc1C. The zero-order chi connectivity index (χ0) is 11.4. The molecule has 0 aromatic heterocycles. The van der Waals surface area contributed by atoms with Crippen LogP contribution in [0, 0.1) is 12.7 Å². The number of carbonyl (C=O) groups is 1. The van der Waals surface area contributed by atoms with Crippen LogP contribution in [0.25, 0.3) is 0 Å². The summed E-state index contributed by atoms with van der Waals surface area (Å²) in [4.78, 5) is 10.9. The largest absolute Gasteiger partial charge is 0.469 e. The van der Waals surface area contributed by atoms with Crippen molar-refractivity contribution in [2.45, 2.75) is 19.4 Å². The minimum Gasteiger partial charge on any atom is -0.469 e. The van der Waals surface area contributed by atoms with E-state index in [1.165, 1.54) is 25.3 Å². The van der Waals surface area contributed by atoms with E-state index < -0.39 is 12.1 Å². The summed E-state index contributed by atoms with van der Waals surface area (Å²) in [6.45, 7) is 1.68. The Morgan fingerprint density at radius 1 is 1.60 bits per heavy atom. The predicted molar refractivity (Wildman–Crippen MR) is 52.7 cm³/mol. The van der Waals surface area contributed by atoms with Gasteiger partial charge < -0.3 is 9.84 Å². The molecule has 1 aromatic carbocycles. The van der Waals surface area contributed by atoms with Gasteiger partial charge in [0.1, 0.15) is 5.82 Å². The second-order valence-corrected chi connectivity index (χ2v) is 3.30. The maximum Gasteiger partial charge on any atom is 0.308 e. The van der Waals surface area contributed by atoms with Crippen molar-refractivity contribution in [3.63, 3.8) is 0 Å². The molecule has 1 rings (SSSR count).